The average Bonchev–Trinajstić information content (AvgIpc) is 2.48. The highest BCUT2D eigenvalue weighted by Gasteiger charge is 2.11. The molecule has 2 aromatic carbocycles. The summed E-state index contributed by atoms with van der Waals surface area (Å²) < 4.78 is 0. The van der Waals surface area contributed by atoms with E-state index in [1.54, 1.807) is 0 Å². The lowest BCUT2D eigenvalue weighted by molar-refractivity contribution is 0.364. The van der Waals surface area contributed by atoms with Gasteiger partial charge < -0.3 is 10.6 Å². The van der Waals surface area contributed by atoms with E-state index in [-0.39, 0.29) is 0 Å². The zero-order valence-corrected chi connectivity index (χ0v) is 12.3. The maximum absolute atomic E-state index is 3.57. The highest BCUT2D eigenvalue weighted by atomic mass is 14.9. The van der Waals surface area contributed by atoms with Crippen LogP contribution >= 0.6 is 0 Å². The Hall–Kier alpha value is -1.54. The summed E-state index contributed by atoms with van der Waals surface area (Å²) in [5.41, 5.74) is 2.56. The number of fused-ring (bicyclic) bond motifs is 1. The second kappa shape index (κ2) is 6.27. The summed E-state index contributed by atoms with van der Waals surface area (Å²) in [5, 5.41) is 9.70. The van der Waals surface area contributed by atoms with Gasteiger partial charge in [-0.3, -0.25) is 0 Å². The molecule has 3 rings (SSSR count). The molecular weight excluding hydrogens is 244 g/mol. The Kier molecular flexibility index (Phi) is 4.22. The molecule has 20 heavy (non-hydrogen) atoms. The molecule has 0 radical (unpaired) electrons. The van der Waals surface area contributed by atoms with Crippen molar-refractivity contribution in [3.8, 4) is 0 Å². The van der Waals surface area contributed by atoms with Gasteiger partial charge in [0.05, 0.1) is 0 Å². The summed E-state index contributed by atoms with van der Waals surface area (Å²) in [6.07, 6.45) is 3.98. The van der Waals surface area contributed by atoms with Gasteiger partial charge in [-0.1, -0.05) is 29.8 Å². The fraction of sp³-hybridized carbons (Fsp3) is 0.444. The van der Waals surface area contributed by atoms with Gasteiger partial charge in [0.2, 0.25) is 0 Å². The minimum absolute atomic E-state index is 0.847. The molecule has 2 heteroatoms. The van der Waals surface area contributed by atoms with Crippen molar-refractivity contribution < 1.29 is 0 Å². The predicted octanol–water partition coefficient (Wildman–Crippen LogP) is 3.95. The van der Waals surface area contributed by atoms with Crippen LogP contribution in [-0.4, -0.2) is 19.6 Å². The Morgan fingerprint density at radius 2 is 2.00 bits per heavy atom. The monoisotopic (exact) mass is 268 g/mol. The van der Waals surface area contributed by atoms with Gasteiger partial charge in [0, 0.05) is 12.2 Å². The van der Waals surface area contributed by atoms with Crippen LogP contribution in [0.5, 0.6) is 0 Å². The minimum atomic E-state index is 0.847. The van der Waals surface area contributed by atoms with Gasteiger partial charge in [0.15, 0.2) is 0 Å². The van der Waals surface area contributed by atoms with E-state index in [1.807, 2.05) is 0 Å². The molecule has 1 aliphatic rings. The molecule has 2 aromatic rings. The first kappa shape index (κ1) is 13.4. The first-order chi connectivity index (χ1) is 9.81. The Bertz CT molecular complexity index is 571. The van der Waals surface area contributed by atoms with E-state index in [4.69, 9.17) is 0 Å². The largest absolute Gasteiger partial charge is 0.385 e. The maximum atomic E-state index is 3.57. The molecule has 106 valence electrons. The van der Waals surface area contributed by atoms with Crippen LogP contribution in [0.3, 0.4) is 0 Å². The van der Waals surface area contributed by atoms with Crippen molar-refractivity contribution in [3.63, 3.8) is 0 Å². The Balaban J connectivity index is 1.58. The summed E-state index contributed by atoms with van der Waals surface area (Å²) in [7, 11) is 0. The summed E-state index contributed by atoms with van der Waals surface area (Å²) >= 11 is 0. The molecule has 2 N–H and O–H groups in total. The number of rotatable bonds is 4. The number of piperidine rings is 1. The highest BCUT2D eigenvalue weighted by Crippen LogP contribution is 2.21. The van der Waals surface area contributed by atoms with Crippen LogP contribution in [0.1, 0.15) is 24.8 Å². The summed E-state index contributed by atoms with van der Waals surface area (Å²) in [5.74, 6) is 0.847. The molecular formula is C18H24N2. The molecule has 0 spiro atoms. The normalized spacial score (nSPS) is 19.1. The summed E-state index contributed by atoms with van der Waals surface area (Å²) in [6.45, 7) is 5.61. The van der Waals surface area contributed by atoms with E-state index in [1.165, 1.54) is 54.4 Å². The van der Waals surface area contributed by atoms with Gasteiger partial charge in [0.1, 0.15) is 0 Å². The SMILES string of the molecule is Cc1ccc2cc(NCCC3CCCNC3)ccc2c1. The van der Waals surface area contributed by atoms with E-state index in [0.717, 1.165) is 12.5 Å². The van der Waals surface area contributed by atoms with Crippen molar-refractivity contribution in [1.29, 1.82) is 0 Å². The number of nitrogens with one attached hydrogen (secondary N) is 2. The zero-order valence-electron chi connectivity index (χ0n) is 12.3. The van der Waals surface area contributed by atoms with Gasteiger partial charge >= 0.3 is 0 Å². The maximum Gasteiger partial charge on any atom is 0.0346 e. The van der Waals surface area contributed by atoms with Crippen LogP contribution in [0.4, 0.5) is 5.69 Å². The van der Waals surface area contributed by atoms with Gasteiger partial charge in [-0.25, -0.2) is 0 Å². The highest BCUT2D eigenvalue weighted by molar-refractivity contribution is 5.86. The van der Waals surface area contributed by atoms with E-state index < -0.39 is 0 Å². The smallest absolute Gasteiger partial charge is 0.0346 e. The fourth-order valence-corrected chi connectivity index (χ4v) is 3.07. The Labute approximate surface area is 121 Å². The molecule has 2 nitrogen and oxygen atoms in total. The average molecular weight is 268 g/mol. The van der Waals surface area contributed by atoms with Crippen LogP contribution in [-0.2, 0) is 0 Å². The van der Waals surface area contributed by atoms with Crippen molar-refractivity contribution in [2.75, 3.05) is 25.0 Å². The fourth-order valence-electron chi connectivity index (χ4n) is 3.07. The Morgan fingerprint density at radius 1 is 1.15 bits per heavy atom. The molecule has 1 saturated heterocycles. The Morgan fingerprint density at radius 3 is 2.85 bits per heavy atom. The number of aryl methyl sites for hydroxylation is 1. The second-order valence-corrected chi connectivity index (χ2v) is 5.99. The lowest BCUT2D eigenvalue weighted by Crippen LogP contribution is -2.30. The molecule has 1 heterocycles. The van der Waals surface area contributed by atoms with Crippen molar-refractivity contribution >= 4 is 16.5 Å². The van der Waals surface area contributed by atoms with Gasteiger partial charge in [-0.15, -0.1) is 0 Å². The van der Waals surface area contributed by atoms with E-state index >= 15 is 0 Å². The molecule has 0 aromatic heterocycles. The van der Waals surface area contributed by atoms with Gasteiger partial charge in [-0.2, -0.15) is 0 Å². The molecule has 0 amide bonds. The van der Waals surface area contributed by atoms with E-state index in [2.05, 4.69) is 54.0 Å². The zero-order chi connectivity index (χ0) is 13.8. The van der Waals surface area contributed by atoms with Gasteiger partial charge in [0.25, 0.3) is 0 Å². The third-order valence-electron chi connectivity index (χ3n) is 4.28. The first-order valence-corrected chi connectivity index (χ1v) is 7.76. The van der Waals surface area contributed by atoms with Crippen LogP contribution < -0.4 is 10.6 Å². The molecule has 1 unspecified atom stereocenters. The third-order valence-corrected chi connectivity index (χ3v) is 4.28. The minimum Gasteiger partial charge on any atom is -0.385 e. The molecule has 0 aliphatic carbocycles. The first-order valence-electron chi connectivity index (χ1n) is 7.76. The number of benzene rings is 2. The van der Waals surface area contributed by atoms with Crippen molar-refractivity contribution in [1.82, 2.24) is 5.32 Å². The number of hydrogen-bond acceptors (Lipinski definition) is 2. The van der Waals surface area contributed by atoms with Crippen LogP contribution in [0.25, 0.3) is 10.8 Å². The quantitative estimate of drug-likeness (QED) is 0.877. The topological polar surface area (TPSA) is 24.1 Å². The van der Waals surface area contributed by atoms with Crippen LogP contribution in [0, 0.1) is 12.8 Å². The summed E-state index contributed by atoms with van der Waals surface area (Å²) in [6, 6.07) is 13.3. The number of anilines is 1. The second-order valence-electron chi connectivity index (χ2n) is 5.99. The number of hydrogen-bond donors (Lipinski definition) is 2. The summed E-state index contributed by atoms with van der Waals surface area (Å²) in [4.78, 5) is 0. The van der Waals surface area contributed by atoms with E-state index in [0.29, 0.717) is 0 Å². The lowest BCUT2D eigenvalue weighted by Gasteiger charge is -2.22. The van der Waals surface area contributed by atoms with Crippen molar-refractivity contribution in [2.24, 2.45) is 5.92 Å². The van der Waals surface area contributed by atoms with Crippen LogP contribution in [0.15, 0.2) is 36.4 Å². The molecule has 1 fully saturated rings. The standard InChI is InChI=1S/C18H24N2/c1-14-4-5-17-12-18(7-6-16(17)11-14)20-10-8-15-3-2-9-19-13-15/h4-7,11-12,15,19-20H,2-3,8-10,13H2,1H3. The third kappa shape index (κ3) is 3.31. The van der Waals surface area contributed by atoms with Crippen molar-refractivity contribution in [2.45, 2.75) is 26.2 Å². The molecule has 0 saturated carbocycles. The van der Waals surface area contributed by atoms with E-state index in [9.17, 15) is 0 Å². The predicted molar refractivity (Wildman–Crippen MR) is 87.4 cm³/mol. The van der Waals surface area contributed by atoms with Crippen LogP contribution in [0.2, 0.25) is 0 Å². The molecule has 0 bridgehead atoms. The van der Waals surface area contributed by atoms with Crippen molar-refractivity contribution in [3.05, 3.63) is 42.0 Å². The lowest BCUT2D eigenvalue weighted by atomic mass is 9.96. The van der Waals surface area contributed by atoms with Gasteiger partial charge in [-0.05, 0) is 68.1 Å². The molecule has 1 aliphatic heterocycles. The molecule has 1 atom stereocenters.